The van der Waals surface area contributed by atoms with E-state index in [-0.39, 0.29) is 19.2 Å². The molecule has 0 unspecified atom stereocenters. The molecule has 2 saturated heterocycles. The molecule has 0 bridgehead atoms. The van der Waals surface area contributed by atoms with E-state index in [0.29, 0.717) is 47.0 Å². The number of nitrogens with zero attached hydrogens (tertiary/aromatic N) is 5. The number of morpholine rings is 1. The lowest BCUT2D eigenvalue weighted by atomic mass is 10.1. The fraction of sp³-hybridized carbons (Fsp3) is 0.379. The second-order valence-corrected chi connectivity index (χ2v) is 10.3. The van der Waals surface area contributed by atoms with Gasteiger partial charge in [-0.05, 0) is 23.8 Å². The van der Waals surface area contributed by atoms with Crippen LogP contribution in [0.25, 0.3) is 33.8 Å². The highest BCUT2D eigenvalue weighted by atomic mass is 19.3. The van der Waals surface area contributed by atoms with Gasteiger partial charge < -0.3 is 25.1 Å². The van der Waals surface area contributed by atoms with Crippen LogP contribution in [0.4, 0.5) is 14.5 Å². The lowest BCUT2D eigenvalue weighted by molar-refractivity contribution is -0.144. The van der Waals surface area contributed by atoms with Gasteiger partial charge in [-0.25, -0.2) is 15.0 Å². The summed E-state index contributed by atoms with van der Waals surface area (Å²) in [6.45, 7) is 4.77. The summed E-state index contributed by atoms with van der Waals surface area (Å²) in [5, 5.41) is 0. The minimum absolute atomic E-state index is 0.217. The van der Waals surface area contributed by atoms with Crippen molar-refractivity contribution in [3.8, 4) is 28.4 Å². The van der Waals surface area contributed by atoms with Crippen molar-refractivity contribution in [3.63, 3.8) is 0 Å². The first kappa shape index (κ1) is 27.0. The van der Waals surface area contributed by atoms with Crippen molar-refractivity contribution in [2.75, 3.05) is 45.1 Å². The van der Waals surface area contributed by atoms with Crippen LogP contribution < -0.4 is 10.5 Å². The van der Waals surface area contributed by atoms with Crippen LogP contribution in [0.1, 0.15) is 18.4 Å². The second-order valence-electron chi connectivity index (χ2n) is 10.3. The van der Waals surface area contributed by atoms with Gasteiger partial charge in [0.1, 0.15) is 29.5 Å². The summed E-state index contributed by atoms with van der Waals surface area (Å²) in [4.78, 5) is 32.0. The van der Waals surface area contributed by atoms with E-state index in [1.165, 1.54) is 16.8 Å². The number of piperidine rings is 1. The van der Waals surface area contributed by atoms with E-state index in [1.807, 2.05) is 6.07 Å². The fourth-order valence-electron chi connectivity index (χ4n) is 5.28. The molecule has 12 heteroatoms. The Hall–Kier alpha value is -4.16. The summed E-state index contributed by atoms with van der Waals surface area (Å²) in [6, 6.07) is 13.8. The normalized spacial score (nSPS) is 16.9. The molecule has 3 N–H and O–H groups in total. The largest absolute Gasteiger partial charge is 0.488 e. The molecule has 4 aromatic rings. The van der Waals surface area contributed by atoms with Gasteiger partial charge in [-0.2, -0.15) is 8.78 Å². The summed E-state index contributed by atoms with van der Waals surface area (Å²) in [6.07, 6.45) is -0.816. The van der Waals surface area contributed by atoms with Crippen molar-refractivity contribution in [2.45, 2.75) is 31.9 Å². The first-order valence-corrected chi connectivity index (χ1v) is 13.7. The molecule has 41 heavy (non-hydrogen) atoms. The standard InChI is InChI=1S/C29H31F2N7O3/c30-26(31)29(39)38-9-7-21(8-10-38)41-23-6-5-20(15-22(23)32)24-25-28(34-17-33-24)36-27(35-25)19-3-1-18(2-4-19)16-37-11-13-40-14-12-37/h1-6,15,17,21,26H,7-14,16,32H2,(H,33,34,35,36). The molecule has 6 rings (SSSR count). The van der Waals surface area contributed by atoms with Gasteiger partial charge in [-0.1, -0.05) is 24.3 Å². The third-order valence-corrected chi connectivity index (χ3v) is 7.54. The number of nitrogens with one attached hydrogen (secondary N) is 1. The number of benzene rings is 2. The van der Waals surface area contributed by atoms with E-state index in [1.54, 1.807) is 12.1 Å². The van der Waals surface area contributed by atoms with E-state index < -0.39 is 12.3 Å². The summed E-state index contributed by atoms with van der Waals surface area (Å²) in [5.41, 5.74) is 11.6. The second kappa shape index (κ2) is 11.8. The quantitative estimate of drug-likeness (QED) is 0.326. The highest BCUT2D eigenvalue weighted by Crippen LogP contribution is 2.33. The average Bonchev–Trinajstić information content (AvgIpc) is 3.44. The van der Waals surface area contributed by atoms with E-state index in [2.05, 4.69) is 44.1 Å². The number of aromatic nitrogens is 4. The Morgan fingerprint density at radius 3 is 2.49 bits per heavy atom. The summed E-state index contributed by atoms with van der Waals surface area (Å²) < 4.78 is 36.9. The van der Waals surface area contributed by atoms with Crippen molar-refractivity contribution < 1.29 is 23.0 Å². The molecule has 2 fully saturated rings. The third-order valence-electron chi connectivity index (χ3n) is 7.54. The number of carbonyl (C=O) groups is 1. The molecule has 0 radical (unpaired) electrons. The van der Waals surface area contributed by atoms with Crippen LogP contribution in [0.15, 0.2) is 48.8 Å². The number of fused-ring (bicyclic) bond motifs is 1. The van der Waals surface area contributed by atoms with Gasteiger partial charge >= 0.3 is 6.43 Å². The van der Waals surface area contributed by atoms with Crippen LogP contribution in [0.3, 0.4) is 0 Å². The van der Waals surface area contributed by atoms with Crippen molar-refractivity contribution in [1.82, 2.24) is 29.7 Å². The SMILES string of the molecule is Nc1cc(-c2ncnc3nc(-c4ccc(CN5CCOCC5)cc4)[nH]c23)ccc1OC1CCN(C(=O)C(F)F)CC1. The molecule has 2 aromatic heterocycles. The van der Waals surface area contributed by atoms with Crippen molar-refractivity contribution >= 4 is 22.8 Å². The number of H-pyrrole nitrogens is 1. The van der Waals surface area contributed by atoms with Crippen LogP contribution in [-0.2, 0) is 16.1 Å². The molecule has 2 aromatic carbocycles. The minimum Gasteiger partial charge on any atom is -0.488 e. The van der Waals surface area contributed by atoms with Crippen LogP contribution in [-0.4, -0.2) is 87.6 Å². The number of carbonyl (C=O) groups excluding carboxylic acids is 1. The van der Waals surface area contributed by atoms with Crippen LogP contribution >= 0.6 is 0 Å². The lowest BCUT2D eigenvalue weighted by Gasteiger charge is -2.32. The van der Waals surface area contributed by atoms with Crippen LogP contribution in [0.5, 0.6) is 5.75 Å². The molecular weight excluding hydrogens is 532 g/mol. The maximum absolute atomic E-state index is 12.7. The van der Waals surface area contributed by atoms with Crippen LogP contribution in [0, 0.1) is 0 Å². The zero-order valence-corrected chi connectivity index (χ0v) is 22.4. The summed E-state index contributed by atoms with van der Waals surface area (Å²) >= 11 is 0. The number of ether oxygens (including phenoxy) is 2. The molecule has 0 aliphatic carbocycles. The lowest BCUT2D eigenvalue weighted by Crippen LogP contribution is -2.44. The van der Waals surface area contributed by atoms with Gasteiger partial charge in [0.2, 0.25) is 0 Å². The topological polar surface area (TPSA) is 122 Å². The monoisotopic (exact) mass is 563 g/mol. The molecule has 10 nitrogen and oxygen atoms in total. The number of hydrogen-bond acceptors (Lipinski definition) is 8. The molecule has 2 aliphatic heterocycles. The Kier molecular flexibility index (Phi) is 7.75. The van der Waals surface area contributed by atoms with Crippen molar-refractivity contribution in [3.05, 3.63) is 54.4 Å². The first-order chi connectivity index (χ1) is 19.9. The molecule has 4 heterocycles. The highest BCUT2D eigenvalue weighted by molar-refractivity contribution is 5.90. The number of imidazole rings is 1. The summed E-state index contributed by atoms with van der Waals surface area (Å²) in [7, 11) is 0. The smallest absolute Gasteiger partial charge is 0.315 e. The van der Waals surface area contributed by atoms with E-state index in [9.17, 15) is 13.6 Å². The number of aromatic amines is 1. The highest BCUT2D eigenvalue weighted by Gasteiger charge is 2.29. The van der Waals surface area contributed by atoms with Gasteiger partial charge in [-0.15, -0.1) is 0 Å². The van der Waals surface area contributed by atoms with Crippen molar-refractivity contribution in [2.24, 2.45) is 0 Å². The molecule has 0 spiro atoms. The van der Waals surface area contributed by atoms with Gasteiger partial charge in [0.05, 0.1) is 24.6 Å². The molecule has 0 saturated carbocycles. The Labute approximate surface area is 235 Å². The van der Waals surface area contributed by atoms with Crippen molar-refractivity contribution in [1.29, 1.82) is 0 Å². The number of nitrogens with two attached hydrogens (primary N) is 1. The number of nitrogen functional groups attached to an aromatic ring is 1. The Morgan fingerprint density at radius 2 is 1.78 bits per heavy atom. The Balaban J connectivity index is 1.16. The number of likely N-dealkylation sites (tertiary alicyclic amines) is 1. The van der Waals surface area contributed by atoms with Gasteiger partial charge in [0.25, 0.3) is 5.91 Å². The fourth-order valence-corrected chi connectivity index (χ4v) is 5.28. The van der Waals surface area contributed by atoms with E-state index in [4.69, 9.17) is 20.2 Å². The first-order valence-electron chi connectivity index (χ1n) is 13.7. The number of halogens is 2. The predicted octanol–water partition coefficient (Wildman–Crippen LogP) is 3.74. The molecule has 214 valence electrons. The van der Waals surface area contributed by atoms with E-state index in [0.717, 1.165) is 44.0 Å². The molecule has 2 aliphatic rings. The minimum atomic E-state index is -2.99. The maximum atomic E-state index is 12.7. The average molecular weight is 564 g/mol. The number of alkyl halides is 2. The molecular formula is C29H31F2N7O3. The zero-order chi connectivity index (χ0) is 28.3. The Bertz CT molecular complexity index is 1510. The number of hydrogen-bond donors (Lipinski definition) is 2. The number of amides is 1. The van der Waals surface area contributed by atoms with Gasteiger partial charge in [-0.3, -0.25) is 9.69 Å². The van der Waals surface area contributed by atoms with Gasteiger partial charge in [0.15, 0.2) is 5.65 Å². The van der Waals surface area contributed by atoms with E-state index >= 15 is 0 Å². The number of anilines is 1. The molecule has 0 atom stereocenters. The zero-order valence-electron chi connectivity index (χ0n) is 22.4. The summed E-state index contributed by atoms with van der Waals surface area (Å²) in [5.74, 6) is 0.0654. The van der Waals surface area contributed by atoms with Gasteiger partial charge in [0, 0.05) is 56.7 Å². The molecule has 1 amide bonds. The van der Waals surface area contributed by atoms with Crippen LogP contribution in [0.2, 0.25) is 0 Å². The predicted molar refractivity (Wildman–Crippen MR) is 149 cm³/mol. The Morgan fingerprint density at radius 1 is 1.05 bits per heavy atom. The number of rotatable bonds is 7. The maximum Gasteiger partial charge on any atom is 0.315 e. The third kappa shape index (κ3) is 5.98.